The van der Waals surface area contributed by atoms with Crippen LogP contribution in [0.2, 0.25) is 5.15 Å². The van der Waals surface area contributed by atoms with Crippen molar-refractivity contribution in [3.8, 4) is 11.3 Å². The lowest BCUT2D eigenvalue weighted by atomic mass is 10.1. The number of hydrogen-bond acceptors (Lipinski definition) is 3. The van der Waals surface area contributed by atoms with E-state index in [9.17, 15) is 0 Å². The van der Waals surface area contributed by atoms with Gasteiger partial charge in [0.2, 0.25) is 0 Å². The molecule has 0 amide bonds. The molecule has 0 radical (unpaired) electrons. The van der Waals surface area contributed by atoms with E-state index in [0.29, 0.717) is 5.15 Å². The van der Waals surface area contributed by atoms with E-state index < -0.39 is 0 Å². The average Bonchev–Trinajstić information content (AvgIpc) is 2.63. The summed E-state index contributed by atoms with van der Waals surface area (Å²) in [5, 5.41) is 1.40. The molecule has 4 heteroatoms. The van der Waals surface area contributed by atoms with Crippen molar-refractivity contribution in [2.45, 2.75) is 19.3 Å². The second-order valence-corrected chi connectivity index (χ2v) is 6.32. The van der Waals surface area contributed by atoms with Gasteiger partial charge in [0.15, 0.2) is 0 Å². The summed E-state index contributed by atoms with van der Waals surface area (Å²) in [6.45, 7) is 2.31. The van der Waals surface area contributed by atoms with E-state index in [0.717, 1.165) is 35.2 Å². The molecule has 2 aromatic heterocycles. The fourth-order valence-corrected chi connectivity index (χ4v) is 3.43. The molecule has 0 bridgehead atoms. The van der Waals surface area contributed by atoms with Gasteiger partial charge in [-0.3, -0.25) is 4.98 Å². The number of rotatable bonds is 2. The average molecular weight is 324 g/mol. The van der Waals surface area contributed by atoms with Crippen LogP contribution in [0.25, 0.3) is 22.2 Å². The van der Waals surface area contributed by atoms with Gasteiger partial charge in [0.1, 0.15) is 5.15 Å². The summed E-state index contributed by atoms with van der Waals surface area (Å²) in [6.07, 6.45) is 5.70. The van der Waals surface area contributed by atoms with Crippen LogP contribution in [0.5, 0.6) is 0 Å². The van der Waals surface area contributed by atoms with Crippen molar-refractivity contribution >= 4 is 28.2 Å². The van der Waals surface area contributed by atoms with Gasteiger partial charge < -0.3 is 4.90 Å². The zero-order valence-corrected chi connectivity index (χ0v) is 13.6. The van der Waals surface area contributed by atoms with E-state index in [1.807, 2.05) is 18.2 Å². The number of aromatic nitrogens is 2. The zero-order chi connectivity index (χ0) is 15.6. The van der Waals surface area contributed by atoms with Gasteiger partial charge in [0.25, 0.3) is 0 Å². The Morgan fingerprint density at radius 1 is 0.957 bits per heavy atom. The van der Waals surface area contributed by atoms with E-state index in [1.165, 1.54) is 24.9 Å². The van der Waals surface area contributed by atoms with E-state index in [1.54, 1.807) is 6.20 Å². The summed E-state index contributed by atoms with van der Waals surface area (Å²) in [5.41, 5.74) is 4.10. The van der Waals surface area contributed by atoms with Gasteiger partial charge in [-0.25, -0.2) is 4.98 Å². The van der Waals surface area contributed by atoms with E-state index in [2.05, 4.69) is 39.1 Å². The van der Waals surface area contributed by atoms with Gasteiger partial charge in [0.05, 0.1) is 11.2 Å². The molecule has 116 valence electrons. The highest BCUT2D eigenvalue weighted by Gasteiger charge is 2.11. The minimum absolute atomic E-state index is 0.505. The Morgan fingerprint density at radius 3 is 2.52 bits per heavy atom. The Balaban J connectivity index is 1.67. The Bertz CT molecular complexity index is 824. The lowest BCUT2D eigenvalue weighted by molar-refractivity contribution is 0.578. The Hall–Kier alpha value is -2.13. The molecule has 1 saturated heterocycles. The number of fused-ring (bicyclic) bond motifs is 1. The number of pyridine rings is 2. The minimum Gasteiger partial charge on any atom is -0.372 e. The minimum atomic E-state index is 0.505. The molecule has 3 nitrogen and oxygen atoms in total. The third kappa shape index (κ3) is 2.89. The SMILES string of the molecule is Clc1nc(-c2ccc(N3CCCCC3)cc2)cc2ncccc12. The van der Waals surface area contributed by atoms with Gasteiger partial charge in [0, 0.05) is 35.9 Å². The second-order valence-electron chi connectivity index (χ2n) is 5.96. The van der Waals surface area contributed by atoms with Crippen molar-refractivity contribution in [3.63, 3.8) is 0 Å². The molecule has 0 atom stereocenters. The first-order chi connectivity index (χ1) is 11.3. The van der Waals surface area contributed by atoms with Crippen LogP contribution in [0.1, 0.15) is 19.3 Å². The van der Waals surface area contributed by atoms with Crippen LogP contribution in [-0.4, -0.2) is 23.1 Å². The highest BCUT2D eigenvalue weighted by Crippen LogP contribution is 2.28. The molecule has 4 rings (SSSR count). The largest absolute Gasteiger partial charge is 0.372 e. The number of halogens is 1. The fraction of sp³-hybridized carbons (Fsp3) is 0.263. The molecule has 0 saturated carbocycles. The Labute approximate surface area is 140 Å². The quantitative estimate of drug-likeness (QED) is 0.625. The summed E-state index contributed by atoms with van der Waals surface area (Å²) >= 11 is 6.31. The van der Waals surface area contributed by atoms with Crippen LogP contribution in [0.3, 0.4) is 0 Å². The van der Waals surface area contributed by atoms with Crippen LogP contribution >= 0.6 is 11.6 Å². The molecular formula is C19H18ClN3. The summed E-state index contributed by atoms with van der Waals surface area (Å²) in [6, 6.07) is 14.4. The maximum Gasteiger partial charge on any atom is 0.139 e. The Morgan fingerprint density at radius 2 is 1.74 bits per heavy atom. The number of benzene rings is 1. The first kappa shape index (κ1) is 14.5. The van der Waals surface area contributed by atoms with Crippen molar-refractivity contribution < 1.29 is 0 Å². The first-order valence-electron chi connectivity index (χ1n) is 8.08. The lowest BCUT2D eigenvalue weighted by Gasteiger charge is -2.28. The monoisotopic (exact) mass is 323 g/mol. The standard InChI is InChI=1S/C19H18ClN3/c20-19-16-5-4-10-21-18(16)13-17(22-19)14-6-8-15(9-7-14)23-11-2-1-3-12-23/h4-10,13H,1-3,11-12H2. The predicted octanol–water partition coefficient (Wildman–Crippen LogP) is 4.94. The van der Waals surface area contributed by atoms with E-state index in [4.69, 9.17) is 11.6 Å². The molecule has 1 fully saturated rings. The van der Waals surface area contributed by atoms with Crippen molar-refractivity contribution in [3.05, 3.63) is 53.8 Å². The smallest absolute Gasteiger partial charge is 0.139 e. The van der Waals surface area contributed by atoms with Crippen molar-refractivity contribution in [1.82, 2.24) is 9.97 Å². The molecule has 0 N–H and O–H groups in total. The molecule has 3 aromatic rings. The van der Waals surface area contributed by atoms with Crippen LogP contribution in [0, 0.1) is 0 Å². The predicted molar refractivity (Wildman–Crippen MR) is 96.0 cm³/mol. The van der Waals surface area contributed by atoms with Crippen molar-refractivity contribution in [1.29, 1.82) is 0 Å². The summed E-state index contributed by atoms with van der Waals surface area (Å²) < 4.78 is 0. The first-order valence-corrected chi connectivity index (χ1v) is 8.46. The summed E-state index contributed by atoms with van der Waals surface area (Å²) in [7, 11) is 0. The Kier molecular flexibility index (Phi) is 3.88. The second kappa shape index (κ2) is 6.17. The van der Waals surface area contributed by atoms with Gasteiger partial charge in [-0.05, 0) is 49.6 Å². The third-order valence-corrected chi connectivity index (χ3v) is 4.73. The topological polar surface area (TPSA) is 29.0 Å². The van der Waals surface area contributed by atoms with Gasteiger partial charge in [-0.1, -0.05) is 23.7 Å². The van der Waals surface area contributed by atoms with Crippen LogP contribution in [0.15, 0.2) is 48.7 Å². The van der Waals surface area contributed by atoms with Crippen LogP contribution in [0.4, 0.5) is 5.69 Å². The van der Waals surface area contributed by atoms with Gasteiger partial charge >= 0.3 is 0 Å². The highest BCUT2D eigenvalue weighted by atomic mass is 35.5. The summed E-state index contributed by atoms with van der Waals surface area (Å²) in [5.74, 6) is 0. The van der Waals surface area contributed by atoms with E-state index in [-0.39, 0.29) is 0 Å². The number of piperidine rings is 1. The number of nitrogens with zero attached hydrogens (tertiary/aromatic N) is 3. The maximum absolute atomic E-state index is 6.31. The molecule has 1 aliphatic rings. The molecule has 0 spiro atoms. The molecular weight excluding hydrogens is 306 g/mol. The van der Waals surface area contributed by atoms with Crippen LogP contribution in [-0.2, 0) is 0 Å². The van der Waals surface area contributed by atoms with Crippen molar-refractivity contribution in [2.24, 2.45) is 0 Å². The van der Waals surface area contributed by atoms with Crippen molar-refractivity contribution in [2.75, 3.05) is 18.0 Å². The highest BCUT2D eigenvalue weighted by molar-refractivity contribution is 6.34. The number of hydrogen-bond donors (Lipinski definition) is 0. The lowest BCUT2D eigenvalue weighted by Crippen LogP contribution is -2.29. The van der Waals surface area contributed by atoms with Gasteiger partial charge in [-0.15, -0.1) is 0 Å². The molecule has 3 heterocycles. The molecule has 1 aromatic carbocycles. The summed E-state index contributed by atoms with van der Waals surface area (Å²) in [4.78, 5) is 11.4. The normalized spacial score (nSPS) is 15.1. The molecule has 1 aliphatic heterocycles. The molecule has 23 heavy (non-hydrogen) atoms. The number of anilines is 1. The molecule has 0 aliphatic carbocycles. The zero-order valence-electron chi connectivity index (χ0n) is 12.9. The van der Waals surface area contributed by atoms with Crippen LogP contribution < -0.4 is 4.90 Å². The molecule has 0 unspecified atom stereocenters. The fourth-order valence-electron chi connectivity index (χ4n) is 3.18. The maximum atomic E-state index is 6.31. The van der Waals surface area contributed by atoms with Gasteiger partial charge in [-0.2, -0.15) is 0 Å². The van der Waals surface area contributed by atoms with E-state index >= 15 is 0 Å². The third-order valence-electron chi connectivity index (χ3n) is 4.44.